The number of hydrogen-bond acceptors (Lipinski definition) is 3. The van der Waals surface area contributed by atoms with Crippen molar-refractivity contribution in [2.75, 3.05) is 7.11 Å². The summed E-state index contributed by atoms with van der Waals surface area (Å²) in [5.41, 5.74) is 7.48. The molecule has 0 aliphatic heterocycles. The minimum absolute atomic E-state index is 0.255. The van der Waals surface area contributed by atoms with Crippen molar-refractivity contribution >= 4 is 0 Å². The first kappa shape index (κ1) is 12.4. The average Bonchev–Trinajstić information content (AvgIpc) is 2.41. The van der Waals surface area contributed by atoms with E-state index >= 15 is 0 Å². The molecule has 1 aromatic heterocycles. The number of rotatable bonds is 3. The first-order valence-corrected chi connectivity index (χ1v) is 5.33. The van der Waals surface area contributed by atoms with Crippen molar-refractivity contribution in [2.45, 2.75) is 6.54 Å². The molecular formula is C13H12F2N2O. The third-order valence-electron chi connectivity index (χ3n) is 2.66. The lowest BCUT2D eigenvalue weighted by molar-refractivity contribution is 0.408. The standard InChI is InChI=1S/C13H12F2N2O/c1-18-13-5-12(15)11(14)4-10(13)9-2-3-17-7-8(9)6-16/h2-5,7H,6,16H2,1H3. The second-order valence-electron chi connectivity index (χ2n) is 3.70. The SMILES string of the molecule is COc1cc(F)c(F)cc1-c1ccncc1CN. The van der Waals surface area contributed by atoms with E-state index in [0.29, 0.717) is 11.1 Å². The van der Waals surface area contributed by atoms with E-state index in [-0.39, 0.29) is 12.3 Å². The Bertz CT molecular complexity index is 573. The second kappa shape index (κ2) is 5.10. The molecule has 1 aromatic carbocycles. The van der Waals surface area contributed by atoms with Gasteiger partial charge in [-0.25, -0.2) is 8.78 Å². The molecule has 1 heterocycles. The topological polar surface area (TPSA) is 48.1 Å². The lowest BCUT2D eigenvalue weighted by Gasteiger charge is -2.12. The fourth-order valence-corrected chi connectivity index (χ4v) is 1.76. The second-order valence-corrected chi connectivity index (χ2v) is 3.70. The summed E-state index contributed by atoms with van der Waals surface area (Å²) in [6.07, 6.45) is 3.16. The summed E-state index contributed by atoms with van der Waals surface area (Å²) >= 11 is 0. The van der Waals surface area contributed by atoms with Crippen LogP contribution in [0.25, 0.3) is 11.1 Å². The minimum Gasteiger partial charge on any atom is -0.496 e. The normalized spacial score (nSPS) is 10.4. The fourth-order valence-electron chi connectivity index (χ4n) is 1.76. The first-order chi connectivity index (χ1) is 8.67. The molecule has 2 aromatic rings. The number of pyridine rings is 1. The molecule has 0 atom stereocenters. The van der Waals surface area contributed by atoms with Crippen LogP contribution in [0, 0.1) is 11.6 Å². The van der Waals surface area contributed by atoms with Crippen molar-refractivity contribution in [3.63, 3.8) is 0 Å². The summed E-state index contributed by atoms with van der Waals surface area (Å²) in [7, 11) is 1.40. The highest BCUT2D eigenvalue weighted by molar-refractivity contribution is 5.73. The van der Waals surface area contributed by atoms with Crippen molar-refractivity contribution in [3.8, 4) is 16.9 Å². The van der Waals surface area contributed by atoms with Gasteiger partial charge in [-0.15, -0.1) is 0 Å². The summed E-state index contributed by atoms with van der Waals surface area (Å²) in [6, 6.07) is 3.81. The van der Waals surface area contributed by atoms with E-state index in [1.165, 1.54) is 7.11 Å². The zero-order valence-electron chi connectivity index (χ0n) is 9.78. The molecule has 5 heteroatoms. The highest BCUT2D eigenvalue weighted by atomic mass is 19.2. The molecule has 0 aliphatic carbocycles. The van der Waals surface area contributed by atoms with Gasteiger partial charge >= 0.3 is 0 Å². The van der Waals surface area contributed by atoms with E-state index in [4.69, 9.17) is 10.5 Å². The van der Waals surface area contributed by atoms with Crippen LogP contribution < -0.4 is 10.5 Å². The summed E-state index contributed by atoms with van der Waals surface area (Å²) in [5.74, 6) is -1.61. The number of ether oxygens (including phenoxy) is 1. The van der Waals surface area contributed by atoms with Crippen molar-refractivity contribution in [1.82, 2.24) is 4.98 Å². The molecule has 2 N–H and O–H groups in total. The van der Waals surface area contributed by atoms with Crippen molar-refractivity contribution in [3.05, 3.63) is 47.8 Å². The van der Waals surface area contributed by atoms with Gasteiger partial charge in [0.1, 0.15) is 5.75 Å². The smallest absolute Gasteiger partial charge is 0.162 e. The van der Waals surface area contributed by atoms with Gasteiger partial charge in [-0.05, 0) is 23.3 Å². The number of nitrogens with zero attached hydrogens (tertiary/aromatic N) is 1. The van der Waals surface area contributed by atoms with E-state index in [1.807, 2.05) is 0 Å². The van der Waals surface area contributed by atoms with Gasteiger partial charge in [-0.2, -0.15) is 0 Å². The molecule has 0 bridgehead atoms. The van der Waals surface area contributed by atoms with Crippen molar-refractivity contribution in [2.24, 2.45) is 5.73 Å². The summed E-state index contributed by atoms with van der Waals surface area (Å²) in [4.78, 5) is 3.95. The summed E-state index contributed by atoms with van der Waals surface area (Å²) in [5, 5.41) is 0. The third-order valence-corrected chi connectivity index (χ3v) is 2.66. The van der Waals surface area contributed by atoms with E-state index in [9.17, 15) is 8.78 Å². The van der Waals surface area contributed by atoms with Gasteiger partial charge in [-0.3, -0.25) is 4.98 Å². The quantitative estimate of drug-likeness (QED) is 0.910. The van der Waals surface area contributed by atoms with Crippen LogP contribution in [0.5, 0.6) is 5.75 Å². The molecule has 0 saturated heterocycles. The lowest BCUT2D eigenvalue weighted by atomic mass is 10.0. The molecule has 3 nitrogen and oxygen atoms in total. The van der Waals surface area contributed by atoms with Gasteiger partial charge in [0, 0.05) is 30.6 Å². The molecule has 0 unspecified atom stereocenters. The maximum absolute atomic E-state index is 13.3. The van der Waals surface area contributed by atoms with Crippen LogP contribution in [0.2, 0.25) is 0 Å². The van der Waals surface area contributed by atoms with Crippen LogP contribution in [0.3, 0.4) is 0 Å². The van der Waals surface area contributed by atoms with Crippen LogP contribution in [-0.4, -0.2) is 12.1 Å². The number of nitrogens with two attached hydrogens (primary N) is 1. The maximum Gasteiger partial charge on any atom is 0.162 e. The lowest BCUT2D eigenvalue weighted by Crippen LogP contribution is -2.01. The molecule has 0 radical (unpaired) electrons. The number of aromatic nitrogens is 1. The van der Waals surface area contributed by atoms with Crippen molar-refractivity contribution < 1.29 is 13.5 Å². The number of hydrogen-bond donors (Lipinski definition) is 1. The minimum atomic E-state index is -0.945. The Morgan fingerprint density at radius 1 is 1.22 bits per heavy atom. The number of halogens is 2. The molecule has 0 spiro atoms. The molecule has 0 saturated carbocycles. The summed E-state index contributed by atoms with van der Waals surface area (Å²) < 4.78 is 31.6. The Kier molecular flexibility index (Phi) is 3.53. The highest BCUT2D eigenvalue weighted by Crippen LogP contribution is 2.33. The zero-order valence-corrected chi connectivity index (χ0v) is 9.78. The Labute approximate surface area is 103 Å². The Hall–Kier alpha value is -2.01. The number of methoxy groups -OCH3 is 1. The van der Waals surface area contributed by atoms with Gasteiger partial charge in [-0.1, -0.05) is 0 Å². The number of benzene rings is 1. The van der Waals surface area contributed by atoms with Gasteiger partial charge in [0.15, 0.2) is 11.6 Å². The van der Waals surface area contributed by atoms with Crippen LogP contribution >= 0.6 is 0 Å². The van der Waals surface area contributed by atoms with Gasteiger partial charge in [0.05, 0.1) is 7.11 Å². The van der Waals surface area contributed by atoms with Crippen LogP contribution in [0.1, 0.15) is 5.56 Å². The van der Waals surface area contributed by atoms with Crippen LogP contribution in [-0.2, 0) is 6.54 Å². The Morgan fingerprint density at radius 2 is 1.94 bits per heavy atom. The van der Waals surface area contributed by atoms with E-state index in [1.54, 1.807) is 18.5 Å². The van der Waals surface area contributed by atoms with Crippen LogP contribution in [0.15, 0.2) is 30.6 Å². The summed E-state index contributed by atoms with van der Waals surface area (Å²) in [6.45, 7) is 0.255. The Morgan fingerprint density at radius 3 is 2.61 bits per heavy atom. The predicted molar refractivity (Wildman–Crippen MR) is 64.0 cm³/mol. The molecule has 18 heavy (non-hydrogen) atoms. The van der Waals surface area contributed by atoms with Gasteiger partial charge in [0.2, 0.25) is 0 Å². The van der Waals surface area contributed by atoms with Gasteiger partial charge < -0.3 is 10.5 Å². The highest BCUT2D eigenvalue weighted by Gasteiger charge is 2.14. The molecule has 0 fully saturated rings. The molecule has 2 rings (SSSR count). The molecule has 0 amide bonds. The first-order valence-electron chi connectivity index (χ1n) is 5.33. The predicted octanol–water partition coefficient (Wildman–Crippen LogP) is 2.49. The molecule has 0 aliphatic rings. The van der Waals surface area contributed by atoms with Crippen molar-refractivity contribution in [1.29, 1.82) is 0 Å². The van der Waals surface area contributed by atoms with E-state index < -0.39 is 11.6 Å². The van der Waals surface area contributed by atoms with E-state index in [2.05, 4.69) is 4.98 Å². The van der Waals surface area contributed by atoms with Crippen LogP contribution in [0.4, 0.5) is 8.78 Å². The van der Waals surface area contributed by atoms with E-state index in [0.717, 1.165) is 17.7 Å². The third kappa shape index (κ3) is 2.17. The zero-order chi connectivity index (χ0) is 13.1. The van der Waals surface area contributed by atoms with Gasteiger partial charge in [0.25, 0.3) is 0 Å². The Balaban J connectivity index is 2.66. The monoisotopic (exact) mass is 250 g/mol. The molecular weight excluding hydrogens is 238 g/mol. The average molecular weight is 250 g/mol. The fraction of sp³-hybridized carbons (Fsp3) is 0.154. The maximum atomic E-state index is 13.3. The molecule has 94 valence electrons. The largest absolute Gasteiger partial charge is 0.496 e.